The monoisotopic (exact) mass is 309 g/mol. The highest BCUT2D eigenvalue weighted by atomic mass is 32.2. The van der Waals surface area contributed by atoms with Crippen LogP contribution >= 0.6 is 11.8 Å². The Kier molecular flexibility index (Phi) is 4.80. The van der Waals surface area contributed by atoms with Crippen LogP contribution in [0.4, 0.5) is 0 Å². The molecule has 0 amide bonds. The fraction of sp³-hybridized carbons (Fsp3) is 0.625. The highest BCUT2D eigenvalue weighted by Crippen LogP contribution is 2.41. The van der Waals surface area contributed by atoms with E-state index in [9.17, 15) is 0 Å². The van der Waals surface area contributed by atoms with Gasteiger partial charge in [0.1, 0.15) is 0 Å². The maximum absolute atomic E-state index is 5.47. The minimum atomic E-state index is 0.279. The third kappa shape index (κ3) is 3.40. The Labute approximate surface area is 130 Å². The summed E-state index contributed by atoms with van der Waals surface area (Å²) in [7, 11) is 1.66. The lowest BCUT2D eigenvalue weighted by Crippen LogP contribution is -2.33. The molecule has 1 saturated carbocycles. The fourth-order valence-electron chi connectivity index (χ4n) is 3.05. The summed E-state index contributed by atoms with van der Waals surface area (Å²) >= 11 is 2.01. The van der Waals surface area contributed by atoms with E-state index in [1.165, 1.54) is 31.2 Å². The Morgan fingerprint density at radius 2 is 2.05 bits per heavy atom. The molecule has 1 aliphatic heterocycles. The largest absolute Gasteiger partial charge is 0.493 e. The maximum atomic E-state index is 5.47. The molecule has 2 aliphatic rings. The average Bonchev–Trinajstić information content (AvgIpc) is 3.01. The summed E-state index contributed by atoms with van der Waals surface area (Å²) in [5, 5.41) is 4.52. The van der Waals surface area contributed by atoms with Gasteiger partial charge in [-0.25, -0.2) is 0 Å². The highest BCUT2D eigenvalue weighted by molar-refractivity contribution is 7.99. The molecule has 116 valence electrons. The molecule has 1 heterocycles. The van der Waals surface area contributed by atoms with E-state index in [1.807, 2.05) is 23.9 Å². The van der Waals surface area contributed by atoms with Crippen LogP contribution in [0.3, 0.4) is 0 Å². The maximum Gasteiger partial charge on any atom is 0.231 e. The number of rotatable bonds is 5. The lowest BCUT2D eigenvalue weighted by atomic mass is 9.95. The number of ether oxygens (including phenoxy) is 3. The van der Waals surface area contributed by atoms with Crippen LogP contribution in [0, 0.1) is 0 Å². The van der Waals surface area contributed by atoms with E-state index < -0.39 is 0 Å². The van der Waals surface area contributed by atoms with Gasteiger partial charge in [0.15, 0.2) is 11.5 Å². The van der Waals surface area contributed by atoms with E-state index in [1.54, 1.807) is 7.11 Å². The zero-order valence-corrected chi connectivity index (χ0v) is 13.5. The van der Waals surface area contributed by atoms with Gasteiger partial charge in [-0.2, -0.15) is 11.8 Å². The number of benzene rings is 1. The summed E-state index contributed by atoms with van der Waals surface area (Å²) < 4.78 is 16.3. The number of methoxy groups -OCH3 is 1. The number of hydrogen-bond acceptors (Lipinski definition) is 5. The van der Waals surface area contributed by atoms with Crippen molar-refractivity contribution in [1.29, 1.82) is 0 Å². The van der Waals surface area contributed by atoms with Gasteiger partial charge in [0.2, 0.25) is 12.5 Å². The van der Waals surface area contributed by atoms with Gasteiger partial charge in [-0.1, -0.05) is 0 Å². The van der Waals surface area contributed by atoms with E-state index in [2.05, 4.69) is 11.6 Å². The first kappa shape index (κ1) is 14.9. The van der Waals surface area contributed by atoms with Gasteiger partial charge < -0.3 is 19.5 Å². The second-order valence-electron chi connectivity index (χ2n) is 5.62. The van der Waals surface area contributed by atoms with Gasteiger partial charge in [-0.05, 0) is 49.6 Å². The zero-order valence-electron chi connectivity index (χ0n) is 12.7. The van der Waals surface area contributed by atoms with Gasteiger partial charge in [-0.3, -0.25) is 0 Å². The summed E-state index contributed by atoms with van der Waals surface area (Å²) in [6.45, 7) is 1.13. The van der Waals surface area contributed by atoms with Crippen molar-refractivity contribution in [2.75, 3.05) is 20.2 Å². The van der Waals surface area contributed by atoms with Crippen molar-refractivity contribution in [1.82, 2.24) is 5.32 Å². The molecule has 3 rings (SSSR count). The van der Waals surface area contributed by atoms with Crippen molar-refractivity contribution in [3.63, 3.8) is 0 Å². The molecule has 0 spiro atoms. The molecule has 0 bridgehead atoms. The predicted molar refractivity (Wildman–Crippen MR) is 85.5 cm³/mol. The van der Waals surface area contributed by atoms with Gasteiger partial charge in [-0.15, -0.1) is 0 Å². The van der Waals surface area contributed by atoms with Crippen molar-refractivity contribution in [2.45, 2.75) is 43.5 Å². The second-order valence-corrected chi connectivity index (χ2v) is 6.76. The first-order valence-corrected chi connectivity index (χ1v) is 8.81. The first-order valence-electron chi connectivity index (χ1n) is 7.53. The molecule has 0 radical (unpaired) electrons. The second kappa shape index (κ2) is 6.79. The molecule has 1 aromatic rings. The van der Waals surface area contributed by atoms with Crippen LogP contribution in [-0.2, 0) is 6.54 Å². The van der Waals surface area contributed by atoms with Gasteiger partial charge in [0.25, 0.3) is 0 Å². The van der Waals surface area contributed by atoms with Crippen LogP contribution in [0.5, 0.6) is 17.2 Å². The fourth-order valence-corrected chi connectivity index (χ4v) is 3.79. The summed E-state index contributed by atoms with van der Waals surface area (Å²) in [5.41, 5.74) is 1.18. The molecule has 5 heteroatoms. The Morgan fingerprint density at radius 3 is 2.76 bits per heavy atom. The Balaban J connectivity index is 1.58. The summed E-state index contributed by atoms with van der Waals surface area (Å²) in [6.07, 6.45) is 7.41. The lowest BCUT2D eigenvalue weighted by molar-refractivity contribution is 0.171. The van der Waals surface area contributed by atoms with Crippen LogP contribution < -0.4 is 19.5 Å². The van der Waals surface area contributed by atoms with Crippen molar-refractivity contribution >= 4 is 11.8 Å². The molecule has 1 fully saturated rings. The summed E-state index contributed by atoms with van der Waals surface area (Å²) in [5.74, 6) is 2.27. The van der Waals surface area contributed by atoms with Crippen molar-refractivity contribution < 1.29 is 14.2 Å². The van der Waals surface area contributed by atoms with Gasteiger partial charge in [0.05, 0.1) is 7.11 Å². The smallest absolute Gasteiger partial charge is 0.231 e. The van der Waals surface area contributed by atoms with Crippen LogP contribution in [0.25, 0.3) is 0 Å². The quantitative estimate of drug-likeness (QED) is 0.904. The molecular weight excluding hydrogens is 286 g/mol. The number of thioether (sulfide) groups is 1. The number of hydrogen-bond donors (Lipinski definition) is 1. The van der Waals surface area contributed by atoms with Gasteiger partial charge in [0, 0.05) is 17.8 Å². The number of fused-ring (bicyclic) bond motifs is 1. The van der Waals surface area contributed by atoms with Crippen molar-refractivity contribution in [2.24, 2.45) is 0 Å². The van der Waals surface area contributed by atoms with Crippen LogP contribution in [0.15, 0.2) is 12.1 Å². The molecule has 0 saturated heterocycles. The van der Waals surface area contributed by atoms with Crippen molar-refractivity contribution in [3.8, 4) is 17.2 Å². The highest BCUT2D eigenvalue weighted by Gasteiger charge is 2.22. The molecule has 1 aromatic carbocycles. The minimum absolute atomic E-state index is 0.279. The Hall–Kier alpha value is -1.07. The van der Waals surface area contributed by atoms with E-state index in [0.717, 1.165) is 29.0 Å². The molecule has 0 unspecified atom stereocenters. The molecule has 1 aliphatic carbocycles. The minimum Gasteiger partial charge on any atom is -0.493 e. The molecule has 0 atom stereocenters. The zero-order chi connectivity index (χ0) is 14.7. The topological polar surface area (TPSA) is 39.7 Å². The van der Waals surface area contributed by atoms with Gasteiger partial charge >= 0.3 is 0 Å². The van der Waals surface area contributed by atoms with E-state index >= 15 is 0 Å². The predicted octanol–water partition coefficient (Wildman–Crippen LogP) is 3.19. The van der Waals surface area contributed by atoms with Crippen molar-refractivity contribution in [3.05, 3.63) is 17.7 Å². The van der Waals surface area contributed by atoms with E-state index in [4.69, 9.17) is 14.2 Å². The third-order valence-corrected chi connectivity index (χ3v) is 5.46. The van der Waals surface area contributed by atoms with E-state index in [-0.39, 0.29) is 6.79 Å². The summed E-state index contributed by atoms with van der Waals surface area (Å²) in [4.78, 5) is 0. The average molecular weight is 309 g/mol. The molecular formula is C16H23NO3S. The number of nitrogens with one attached hydrogen (secondary N) is 1. The SMILES string of the molecule is COc1cc(CNC2CCC(SC)CC2)cc2c1OCO2. The Bertz CT molecular complexity index is 487. The normalized spacial score (nSPS) is 24.1. The summed E-state index contributed by atoms with van der Waals surface area (Å²) in [6, 6.07) is 4.71. The first-order chi connectivity index (χ1) is 10.3. The standard InChI is InChI=1S/C16H23NO3S/c1-18-14-7-11(8-15-16(14)20-10-19-15)9-17-12-3-5-13(21-2)6-4-12/h7-8,12-13,17H,3-6,9-10H2,1-2H3. The van der Waals surface area contributed by atoms with Crippen LogP contribution in [0.2, 0.25) is 0 Å². The van der Waals surface area contributed by atoms with Crippen LogP contribution in [0.1, 0.15) is 31.2 Å². The molecule has 21 heavy (non-hydrogen) atoms. The molecule has 1 N–H and O–H groups in total. The van der Waals surface area contributed by atoms with Crippen LogP contribution in [-0.4, -0.2) is 31.5 Å². The Morgan fingerprint density at radius 1 is 1.24 bits per heavy atom. The van der Waals surface area contributed by atoms with E-state index in [0.29, 0.717) is 6.04 Å². The molecule has 4 nitrogen and oxygen atoms in total. The molecule has 0 aromatic heterocycles. The third-order valence-electron chi connectivity index (χ3n) is 4.32. The lowest BCUT2D eigenvalue weighted by Gasteiger charge is -2.28.